The summed E-state index contributed by atoms with van der Waals surface area (Å²) in [6, 6.07) is 20.5. The van der Waals surface area contributed by atoms with Gasteiger partial charge in [0.1, 0.15) is 12.4 Å². The van der Waals surface area contributed by atoms with E-state index in [9.17, 15) is 0 Å². The maximum absolute atomic E-state index is 5.87. The Morgan fingerprint density at radius 1 is 0.900 bits per heavy atom. The highest BCUT2D eigenvalue weighted by Gasteiger charge is 2.01. The van der Waals surface area contributed by atoms with Gasteiger partial charge in [-0.3, -0.25) is 0 Å². The summed E-state index contributed by atoms with van der Waals surface area (Å²) in [4.78, 5) is 0. The number of nitrogens with two attached hydrogens (primary N) is 1. The number of fused-ring (bicyclic) bond motifs is 1. The van der Waals surface area contributed by atoms with Crippen LogP contribution in [0, 0.1) is 6.92 Å². The third-order valence-corrected chi connectivity index (χ3v) is 3.41. The number of nitrogen functional groups attached to an aromatic ring is 1. The number of anilines is 1. The fourth-order valence-electron chi connectivity index (χ4n) is 2.32. The lowest BCUT2D eigenvalue weighted by atomic mass is 10.1. The van der Waals surface area contributed by atoms with Gasteiger partial charge in [0.05, 0.1) is 0 Å². The molecule has 0 bridgehead atoms. The molecule has 2 nitrogen and oxygen atoms in total. The minimum absolute atomic E-state index is 0.565. The van der Waals surface area contributed by atoms with E-state index in [2.05, 4.69) is 42.5 Å². The molecule has 0 radical (unpaired) electrons. The molecule has 20 heavy (non-hydrogen) atoms. The van der Waals surface area contributed by atoms with E-state index in [1.165, 1.54) is 16.3 Å². The molecule has 0 amide bonds. The Balaban J connectivity index is 1.79. The number of rotatable bonds is 3. The van der Waals surface area contributed by atoms with E-state index in [0.717, 1.165) is 17.0 Å². The van der Waals surface area contributed by atoms with Crippen molar-refractivity contribution in [3.63, 3.8) is 0 Å². The number of aryl methyl sites for hydroxylation is 1. The van der Waals surface area contributed by atoms with E-state index in [1.54, 1.807) is 0 Å². The van der Waals surface area contributed by atoms with Gasteiger partial charge in [-0.1, -0.05) is 36.4 Å². The van der Waals surface area contributed by atoms with Crippen LogP contribution in [0.5, 0.6) is 5.75 Å². The van der Waals surface area contributed by atoms with Crippen molar-refractivity contribution in [1.29, 1.82) is 0 Å². The Hall–Kier alpha value is -2.48. The lowest BCUT2D eigenvalue weighted by Gasteiger charge is -2.10. The van der Waals surface area contributed by atoms with Gasteiger partial charge in [0, 0.05) is 5.69 Å². The minimum Gasteiger partial charge on any atom is -0.489 e. The lowest BCUT2D eigenvalue weighted by Crippen LogP contribution is -1.97. The highest BCUT2D eigenvalue weighted by Crippen LogP contribution is 2.22. The summed E-state index contributed by atoms with van der Waals surface area (Å²) in [6.07, 6.45) is 0. The fraction of sp³-hybridized carbons (Fsp3) is 0.111. The highest BCUT2D eigenvalue weighted by molar-refractivity contribution is 5.82. The first-order valence-corrected chi connectivity index (χ1v) is 6.69. The number of ether oxygens (including phenoxy) is 1. The van der Waals surface area contributed by atoms with Crippen LogP contribution < -0.4 is 10.5 Å². The molecule has 0 aliphatic rings. The standard InChI is InChI=1S/C18H17NO/c1-13-10-17(19)8-9-18(13)20-12-14-6-7-15-4-2-3-5-16(15)11-14/h2-11H,12,19H2,1H3. The first-order valence-electron chi connectivity index (χ1n) is 6.69. The summed E-state index contributed by atoms with van der Waals surface area (Å²) in [5.74, 6) is 0.882. The Morgan fingerprint density at radius 2 is 1.70 bits per heavy atom. The molecule has 0 aliphatic heterocycles. The van der Waals surface area contributed by atoms with Crippen LogP contribution in [0.15, 0.2) is 60.7 Å². The van der Waals surface area contributed by atoms with Crippen LogP contribution in [-0.2, 0) is 6.61 Å². The van der Waals surface area contributed by atoms with Gasteiger partial charge in [0.25, 0.3) is 0 Å². The molecule has 0 atom stereocenters. The summed E-state index contributed by atoms with van der Waals surface area (Å²) in [6.45, 7) is 2.57. The summed E-state index contributed by atoms with van der Waals surface area (Å²) in [7, 11) is 0. The molecule has 3 rings (SSSR count). The summed E-state index contributed by atoms with van der Waals surface area (Å²) in [5.41, 5.74) is 8.73. The summed E-state index contributed by atoms with van der Waals surface area (Å²) in [5, 5.41) is 2.49. The molecule has 0 saturated carbocycles. The van der Waals surface area contributed by atoms with Gasteiger partial charge in [-0.15, -0.1) is 0 Å². The SMILES string of the molecule is Cc1cc(N)ccc1OCc1ccc2ccccc2c1. The third-order valence-electron chi connectivity index (χ3n) is 3.41. The molecule has 0 aliphatic carbocycles. The van der Waals surface area contributed by atoms with Crippen molar-refractivity contribution in [1.82, 2.24) is 0 Å². The van der Waals surface area contributed by atoms with E-state index in [0.29, 0.717) is 6.61 Å². The van der Waals surface area contributed by atoms with Gasteiger partial charge < -0.3 is 10.5 Å². The molecule has 0 aromatic heterocycles. The van der Waals surface area contributed by atoms with Crippen LogP contribution >= 0.6 is 0 Å². The molecule has 0 spiro atoms. The molecule has 2 heteroatoms. The number of hydrogen-bond acceptors (Lipinski definition) is 2. The van der Waals surface area contributed by atoms with E-state index < -0.39 is 0 Å². The van der Waals surface area contributed by atoms with E-state index in [4.69, 9.17) is 10.5 Å². The average molecular weight is 263 g/mol. The predicted molar refractivity (Wildman–Crippen MR) is 83.9 cm³/mol. The maximum Gasteiger partial charge on any atom is 0.122 e. The second-order valence-corrected chi connectivity index (χ2v) is 5.00. The third kappa shape index (κ3) is 2.59. The Labute approximate surface area is 118 Å². The van der Waals surface area contributed by atoms with Crippen LogP contribution in [0.1, 0.15) is 11.1 Å². The largest absolute Gasteiger partial charge is 0.489 e. The van der Waals surface area contributed by atoms with Crippen LogP contribution in [0.4, 0.5) is 5.69 Å². The van der Waals surface area contributed by atoms with Crippen molar-refractivity contribution in [3.05, 3.63) is 71.8 Å². The van der Waals surface area contributed by atoms with Crippen molar-refractivity contribution < 1.29 is 4.74 Å². The zero-order chi connectivity index (χ0) is 13.9. The van der Waals surface area contributed by atoms with Crippen LogP contribution in [0.25, 0.3) is 10.8 Å². The predicted octanol–water partition coefficient (Wildman–Crippen LogP) is 4.31. The first kappa shape index (κ1) is 12.5. The van der Waals surface area contributed by atoms with Gasteiger partial charge in [-0.05, 0) is 53.1 Å². The molecule has 0 fully saturated rings. The molecule has 0 saturated heterocycles. The van der Waals surface area contributed by atoms with Crippen molar-refractivity contribution in [2.45, 2.75) is 13.5 Å². The average Bonchev–Trinajstić information content (AvgIpc) is 2.46. The second kappa shape index (κ2) is 5.25. The lowest BCUT2D eigenvalue weighted by molar-refractivity contribution is 0.304. The zero-order valence-corrected chi connectivity index (χ0v) is 11.5. The Bertz CT molecular complexity index is 749. The van der Waals surface area contributed by atoms with Gasteiger partial charge in [0.15, 0.2) is 0 Å². The van der Waals surface area contributed by atoms with Gasteiger partial charge >= 0.3 is 0 Å². The molecular formula is C18H17NO. The number of hydrogen-bond donors (Lipinski definition) is 1. The normalized spacial score (nSPS) is 10.7. The fourth-order valence-corrected chi connectivity index (χ4v) is 2.32. The molecule has 3 aromatic rings. The molecule has 0 heterocycles. The van der Waals surface area contributed by atoms with Crippen LogP contribution in [0.2, 0.25) is 0 Å². The monoisotopic (exact) mass is 263 g/mol. The zero-order valence-electron chi connectivity index (χ0n) is 11.5. The van der Waals surface area contributed by atoms with Gasteiger partial charge in [-0.2, -0.15) is 0 Å². The van der Waals surface area contributed by atoms with Crippen molar-refractivity contribution in [2.24, 2.45) is 0 Å². The number of benzene rings is 3. The second-order valence-electron chi connectivity index (χ2n) is 5.00. The van der Waals surface area contributed by atoms with Crippen molar-refractivity contribution in [3.8, 4) is 5.75 Å². The van der Waals surface area contributed by atoms with Gasteiger partial charge in [-0.25, -0.2) is 0 Å². The molecular weight excluding hydrogens is 246 g/mol. The van der Waals surface area contributed by atoms with E-state index >= 15 is 0 Å². The topological polar surface area (TPSA) is 35.2 Å². The minimum atomic E-state index is 0.565. The van der Waals surface area contributed by atoms with Crippen molar-refractivity contribution in [2.75, 3.05) is 5.73 Å². The Kier molecular flexibility index (Phi) is 3.30. The quantitative estimate of drug-likeness (QED) is 0.715. The molecule has 2 N–H and O–H groups in total. The van der Waals surface area contributed by atoms with E-state index in [-0.39, 0.29) is 0 Å². The highest BCUT2D eigenvalue weighted by atomic mass is 16.5. The van der Waals surface area contributed by atoms with E-state index in [1.807, 2.05) is 25.1 Å². The van der Waals surface area contributed by atoms with Crippen molar-refractivity contribution >= 4 is 16.5 Å². The smallest absolute Gasteiger partial charge is 0.122 e. The maximum atomic E-state index is 5.87. The van der Waals surface area contributed by atoms with Crippen LogP contribution in [-0.4, -0.2) is 0 Å². The van der Waals surface area contributed by atoms with Gasteiger partial charge in [0.2, 0.25) is 0 Å². The first-order chi connectivity index (χ1) is 9.72. The summed E-state index contributed by atoms with van der Waals surface area (Å²) >= 11 is 0. The summed E-state index contributed by atoms with van der Waals surface area (Å²) < 4.78 is 5.87. The Morgan fingerprint density at radius 3 is 2.50 bits per heavy atom. The molecule has 3 aromatic carbocycles. The van der Waals surface area contributed by atoms with Crippen LogP contribution in [0.3, 0.4) is 0 Å². The molecule has 0 unspecified atom stereocenters. The molecule has 100 valence electrons.